The van der Waals surface area contributed by atoms with Gasteiger partial charge in [-0.2, -0.15) is 0 Å². The lowest BCUT2D eigenvalue weighted by Gasteiger charge is -2.05. The Bertz CT molecular complexity index is 428. The SMILES string of the molecule is Ic1ccc(OCCCCn2ccnn2)cc1. The highest BCUT2D eigenvalue weighted by molar-refractivity contribution is 14.1. The summed E-state index contributed by atoms with van der Waals surface area (Å²) in [6.07, 6.45) is 5.64. The quantitative estimate of drug-likeness (QED) is 0.598. The van der Waals surface area contributed by atoms with Crippen molar-refractivity contribution in [1.82, 2.24) is 15.0 Å². The van der Waals surface area contributed by atoms with Gasteiger partial charge in [-0.25, -0.2) is 0 Å². The van der Waals surface area contributed by atoms with Crippen LogP contribution >= 0.6 is 22.6 Å². The first-order valence-electron chi connectivity index (χ1n) is 5.57. The Labute approximate surface area is 114 Å². The zero-order valence-electron chi connectivity index (χ0n) is 9.42. The minimum absolute atomic E-state index is 0.745. The highest BCUT2D eigenvalue weighted by Gasteiger charge is 1.95. The fourth-order valence-electron chi connectivity index (χ4n) is 1.45. The molecule has 4 nitrogen and oxygen atoms in total. The topological polar surface area (TPSA) is 39.9 Å². The molecule has 0 radical (unpaired) electrons. The fraction of sp³-hybridized carbons (Fsp3) is 0.333. The minimum atomic E-state index is 0.745. The summed E-state index contributed by atoms with van der Waals surface area (Å²) in [5.41, 5.74) is 0. The molecule has 0 atom stereocenters. The molecule has 0 bridgehead atoms. The van der Waals surface area contributed by atoms with E-state index in [1.165, 1.54) is 3.57 Å². The van der Waals surface area contributed by atoms with Crippen molar-refractivity contribution in [1.29, 1.82) is 0 Å². The molecular weight excluding hydrogens is 329 g/mol. The first-order valence-corrected chi connectivity index (χ1v) is 6.65. The highest BCUT2D eigenvalue weighted by Crippen LogP contribution is 2.13. The number of aromatic nitrogens is 3. The number of halogens is 1. The van der Waals surface area contributed by atoms with E-state index in [1.807, 2.05) is 35.1 Å². The number of nitrogens with zero attached hydrogens (tertiary/aromatic N) is 3. The number of hydrogen-bond acceptors (Lipinski definition) is 3. The molecule has 0 amide bonds. The van der Waals surface area contributed by atoms with E-state index >= 15 is 0 Å². The minimum Gasteiger partial charge on any atom is -0.494 e. The van der Waals surface area contributed by atoms with Gasteiger partial charge in [0.15, 0.2) is 0 Å². The maximum Gasteiger partial charge on any atom is 0.119 e. The number of hydrogen-bond donors (Lipinski definition) is 0. The molecule has 17 heavy (non-hydrogen) atoms. The van der Waals surface area contributed by atoms with Crippen LogP contribution in [0.4, 0.5) is 0 Å². The van der Waals surface area contributed by atoms with Gasteiger partial charge in [-0.15, -0.1) is 5.10 Å². The van der Waals surface area contributed by atoms with Crippen molar-refractivity contribution in [2.45, 2.75) is 19.4 Å². The summed E-state index contributed by atoms with van der Waals surface area (Å²) in [7, 11) is 0. The van der Waals surface area contributed by atoms with Crippen molar-refractivity contribution in [3.8, 4) is 5.75 Å². The maximum absolute atomic E-state index is 5.63. The van der Waals surface area contributed by atoms with Crippen molar-refractivity contribution in [2.75, 3.05) is 6.61 Å². The molecule has 0 N–H and O–H groups in total. The number of unbranched alkanes of at least 4 members (excludes halogenated alkanes) is 1. The van der Waals surface area contributed by atoms with Gasteiger partial charge in [0.05, 0.1) is 12.8 Å². The summed E-state index contributed by atoms with van der Waals surface area (Å²) >= 11 is 2.28. The molecule has 1 heterocycles. The Balaban J connectivity index is 1.61. The monoisotopic (exact) mass is 343 g/mol. The predicted octanol–water partition coefficient (Wildman–Crippen LogP) is 2.74. The van der Waals surface area contributed by atoms with E-state index in [4.69, 9.17) is 4.74 Å². The van der Waals surface area contributed by atoms with Gasteiger partial charge >= 0.3 is 0 Å². The van der Waals surface area contributed by atoms with Gasteiger partial charge in [-0.3, -0.25) is 4.68 Å². The second-order valence-corrected chi connectivity index (χ2v) is 4.92. The molecule has 0 fully saturated rings. The third-order valence-corrected chi connectivity index (χ3v) is 3.06. The Morgan fingerprint density at radius 3 is 2.71 bits per heavy atom. The van der Waals surface area contributed by atoms with Gasteiger partial charge < -0.3 is 4.74 Å². The molecule has 1 aromatic carbocycles. The Morgan fingerprint density at radius 1 is 1.18 bits per heavy atom. The van der Waals surface area contributed by atoms with E-state index < -0.39 is 0 Å². The van der Waals surface area contributed by atoms with E-state index in [0.29, 0.717) is 0 Å². The Kier molecular flexibility index (Phi) is 4.78. The molecule has 0 aliphatic rings. The zero-order chi connectivity index (χ0) is 11.9. The fourth-order valence-corrected chi connectivity index (χ4v) is 1.81. The average molecular weight is 343 g/mol. The number of ether oxygens (including phenoxy) is 1. The summed E-state index contributed by atoms with van der Waals surface area (Å²) < 4.78 is 8.69. The third-order valence-electron chi connectivity index (χ3n) is 2.34. The number of rotatable bonds is 6. The molecule has 90 valence electrons. The van der Waals surface area contributed by atoms with Crippen LogP contribution in [-0.2, 0) is 6.54 Å². The Morgan fingerprint density at radius 2 is 2.00 bits per heavy atom. The van der Waals surface area contributed by atoms with Crippen molar-refractivity contribution in [2.24, 2.45) is 0 Å². The highest BCUT2D eigenvalue weighted by atomic mass is 127. The van der Waals surface area contributed by atoms with Crippen LogP contribution in [0.25, 0.3) is 0 Å². The predicted molar refractivity (Wildman–Crippen MR) is 73.9 cm³/mol. The molecule has 0 saturated heterocycles. The first-order chi connectivity index (χ1) is 8.34. The van der Waals surface area contributed by atoms with Crippen LogP contribution < -0.4 is 4.74 Å². The lowest BCUT2D eigenvalue weighted by atomic mass is 10.3. The van der Waals surface area contributed by atoms with Crippen LogP contribution in [0, 0.1) is 3.57 Å². The van der Waals surface area contributed by atoms with E-state index in [1.54, 1.807) is 6.20 Å². The largest absolute Gasteiger partial charge is 0.494 e. The van der Waals surface area contributed by atoms with Crippen LogP contribution in [0.1, 0.15) is 12.8 Å². The molecule has 2 aromatic rings. The third kappa shape index (κ3) is 4.33. The number of benzene rings is 1. The second-order valence-electron chi connectivity index (χ2n) is 3.68. The molecule has 1 aromatic heterocycles. The summed E-state index contributed by atoms with van der Waals surface area (Å²) in [5.74, 6) is 0.936. The van der Waals surface area contributed by atoms with Gasteiger partial charge in [0.1, 0.15) is 5.75 Å². The smallest absolute Gasteiger partial charge is 0.119 e. The lowest BCUT2D eigenvalue weighted by molar-refractivity contribution is 0.301. The van der Waals surface area contributed by atoms with Crippen molar-refractivity contribution >= 4 is 22.6 Å². The van der Waals surface area contributed by atoms with E-state index in [0.717, 1.165) is 31.7 Å². The molecule has 2 rings (SSSR count). The molecule has 0 aliphatic carbocycles. The van der Waals surface area contributed by atoms with Crippen molar-refractivity contribution in [3.05, 3.63) is 40.2 Å². The molecule has 0 spiro atoms. The van der Waals surface area contributed by atoms with Crippen molar-refractivity contribution in [3.63, 3.8) is 0 Å². The summed E-state index contributed by atoms with van der Waals surface area (Å²) in [6.45, 7) is 1.64. The van der Waals surface area contributed by atoms with Crippen LogP contribution in [0.3, 0.4) is 0 Å². The summed E-state index contributed by atoms with van der Waals surface area (Å²) in [4.78, 5) is 0. The lowest BCUT2D eigenvalue weighted by Crippen LogP contribution is -2.02. The van der Waals surface area contributed by atoms with Crippen LogP contribution in [0.2, 0.25) is 0 Å². The van der Waals surface area contributed by atoms with Gasteiger partial charge in [-0.1, -0.05) is 5.21 Å². The van der Waals surface area contributed by atoms with Crippen LogP contribution in [-0.4, -0.2) is 21.6 Å². The first kappa shape index (κ1) is 12.3. The van der Waals surface area contributed by atoms with Gasteiger partial charge in [0.25, 0.3) is 0 Å². The van der Waals surface area contributed by atoms with Gasteiger partial charge in [0, 0.05) is 16.3 Å². The van der Waals surface area contributed by atoms with Crippen LogP contribution in [0.15, 0.2) is 36.7 Å². The van der Waals surface area contributed by atoms with E-state index in [-0.39, 0.29) is 0 Å². The standard InChI is InChI=1S/C12H14IN3O/c13-11-3-5-12(6-4-11)17-10-2-1-8-16-9-7-14-15-16/h3-7,9H,1-2,8,10H2. The average Bonchev–Trinajstić information content (AvgIpc) is 2.84. The molecule has 0 unspecified atom stereocenters. The second kappa shape index (κ2) is 6.58. The number of aryl methyl sites for hydroxylation is 1. The van der Waals surface area contributed by atoms with Crippen LogP contribution in [0.5, 0.6) is 5.75 Å². The maximum atomic E-state index is 5.63. The van der Waals surface area contributed by atoms with Gasteiger partial charge in [-0.05, 0) is 59.7 Å². The zero-order valence-corrected chi connectivity index (χ0v) is 11.6. The normalized spacial score (nSPS) is 10.4. The van der Waals surface area contributed by atoms with E-state index in [9.17, 15) is 0 Å². The van der Waals surface area contributed by atoms with Crippen molar-refractivity contribution < 1.29 is 4.74 Å². The Hall–Kier alpha value is -1.11. The molecule has 5 heteroatoms. The van der Waals surface area contributed by atoms with E-state index in [2.05, 4.69) is 32.9 Å². The molecule has 0 aliphatic heterocycles. The summed E-state index contributed by atoms with van der Waals surface area (Å²) in [6, 6.07) is 8.09. The van der Waals surface area contributed by atoms with Gasteiger partial charge in [0.2, 0.25) is 0 Å². The molecular formula is C12H14IN3O. The summed E-state index contributed by atoms with van der Waals surface area (Å²) in [5, 5.41) is 7.66. The molecule has 0 saturated carbocycles.